The minimum atomic E-state index is -0.576. The van der Waals surface area contributed by atoms with Crippen LogP contribution < -0.4 is 5.32 Å². The van der Waals surface area contributed by atoms with Crippen LogP contribution in [0.5, 0.6) is 0 Å². The van der Waals surface area contributed by atoms with Gasteiger partial charge < -0.3 is 5.32 Å². The maximum atomic E-state index is 14.2. The Morgan fingerprint density at radius 2 is 1.93 bits per heavy atom. The van der Waals surface area contributed by atoms with Gasteiger partial charge in [-0.05, 0) is 37.3 Å². The molecule has 3 unspecified atom stereocenters. The van der Waals surface area contributed by atoms with E-state index in [1.165, 1.54) is 17.7 Å². The van der Waals surface area contributed by atoms with Gasteiger partial charge in [0.2, 0.25) is 5.91 Å². The Kier molecular flexibility index (Phi) is 6.79. The minimum absolute atomic E-state index is 0.0551. The zero-order valence-electron chi connectivity index (χ0n) is 16.5. The lowest BCUT2D eigenvalue weighted by Crippen LogP contribution is -2.47. The molecule has 3 rings (SSSR count). The smallest absolute Gasteiger partial charge is 0.224 e. The summed E-state index contributed by atoms with van der Waals surface area (Å²) in [6, 6.07) is 14.0. The molecule has 1 N–H and O–H groups in total. The van der Waals surface area contributed by atoms with Gasteiger partial charge in [-0.2, -0.15) is 0 Å². The van der Waals surface area contributed by atoms with Crippen molar-refractivity contribution in [3.8, 4) is 0 Å². The van der Waals surface area contributed by atoms with Crippen LogP contribution in [0, 0.1) is 17.6 Å². The summed E-state index contributed by atoms with van der Waals surface area (Å²) in [4.78, 5) is 14.9. The molecular formula is C23H28F2N2O. The van der Waals surface area contributed by atoms with Gasteiger partial charge in [0, 0.05) is 37.3 Å². The van der Waals surface area contributed by atoms with Crippen molar-refractivity contribution in [1.82, 2.24) is 10.2 Å². The van der Waals surface area contributed by atoms with Crippen molar-refractivity contribution >= 4 is 5.91 Å². The second kappa shape index (κ2) is 9.28. The number of halogens is 2. The summed E-state index contributed by atoms with van der Waals surface area (Å²) in [7, 11) is 0. The molecule has 1 saturated heterocycles. The molecule has 150 valence electrons. The summed E-state index contributed by atoms with van der Waals surface area (Å²) in [5.41, 5.74) is 1.64. The van der Waals surface area contributed by atoms with Crippen molar-refractivity contribution in [1.29, 1.82) is 0 Å². The molecule has 1 aliphatic heterocycles. The van der Waals surface area contributed by atoms with Gasteiger partial charge in [0.1, 0.15) is 11.6 Å². The lowest BCUT2D eigenvalue weighted by molar-refractivity contribution is -0.127. The third-order valence-electron chi connectivity index (χ3n) is 5.58. The Morgan fingerprint density at radius 1 is 1.18 bits per heavy atom. The largest absolute Gasteiger partial charge is 0.353 e. The predicted octanol–water partition coefficient (Wildman–Crippen LogP) is 4.49. The number of benzene rings is 2. The third kappa shape index (κ3) is 5.16. The summed E-state index contributed by atoms with van der Waals surface area (Å²) < 4.78 is 27.4. The van der Waals surface area contributed by atoms with Crippen LogP contribution in [0.2, 0.25) is 0 Å². The zero-order valence-corrected chi connectivity index (χ0v) is 16.5. The SMILES string of the molecule is CCC(C)NC(=O)C1CC(c2ccccc2)CN(Cc2ccc(F)cc2F)C1. The molecule has 0 saturated carbocycles. The van der Waals surface area contributed by atoms with E-state index in [1.54, 1.807) is 0 Å². The van der Waals surface area contributed by atoms with E-state index in [4.69, 9.17) is 0 Å². The molecule has 1 aliphatic rings. The van der Waals surface area contributed by atoms with Gasteiger partial charge in [-0.1, -0.05) is 43.3 Å². The van der Waals surface area contributed by atoms with Crippen LogP contribution in [0.4, 0.5) is 8.78 Å². The molecule has 3 nitrogen and oxygen atoms in total. The molecule has 2 aromatic rings. The third-order valence-corrected chi connectivity index (χ3v) is 5.58. The molecule has 1 heterocycles. The van der Waals surface area contributed by atoms with Crippen molar-refractivity contribution < 1.29 is 13.6 Å². The maximum Gasteiger partial charge on any atom is 0.224 e. The lowest BCUT2D eigenvalue weighted by atomic mass is 9.83. The van der Waals surface area contributed by atoms with Crippen LogP contribution in [0.1, 0.15) is 43.7 Å². The number of nitrogens with one attached hydrogen (secondary N) is 1. The number of amides is 1. The van der Waals surface area contributed by atoms with Crippen LogP contribution in [0.25, 0.3) is 0 Å². The zero-order chi connectivity index (χ0) is 20.1. The van der Waals surface area contributed by atoms with E-state index in [-0.39, 0.29) is 23.8 Å². The Morgan fingerprint density at radius 3 is 2.61 bits per heavy atom. The highest BCUT2D eigenvalue weighted by Crippen LogP contribution is 2.31. The fourth-order valence-electron chi connectivity index (χ4n) is 3.83. The summed E-state index contributed by atoms with van der Waals surface area (Å²) in [6.45, 7) is 5.72. The second-order valence-electron chi connectivity index (χ2n) is 7.79. The predicted molar refractivity (Wildman–Crippen MR) is 107 cm³/mol. The van der Waals surface area contributed by atoms with Crippen LogP contribution in [0.15, 0.2) is 48.5 Å². The van der Waals surface area contributed by atoms with E-state index in [1.807, 2.05) is 32.0 Å². The highest BCUT2D eigenvalue weighted by molar-refractivity contribution is 5.79. The van der Waals surface area contributed by atoms with Crippen LogP contribution in [0.3, 0.4) is 0 Å². The number of carbonyl (C=O) groups is 1. The van der Waals surface area contributed by atoms with Crippen molar-refractivity contribution in [2.45, 2.75) is 45.2 Å². The Labute approximate surface area is 165 Å². The Bertz CT molecular complexity index is 796. The van der Waals surface area contributed by atoms with E-state index in [2.05, 4.69) is 22.3 Å². The van der Waals surface area contributed by atoms with Gasteiger partial charge in [-0.3, -0.25) is 9.69 Å². The maximum absolute atomic E-state index is 14.2. The monoisotopic (exact) mass is 386 g/mol. The fraction of sp³-hybridized carbons (Fsp3) is 0.435. The summed E-state index contributed by atoms with van der Waals surface area (Å²) in [5, 5.41) is 3.09. The molecule has 3 atom stereocenters. The van der Waals surface area contributed by atoms with Crippen LogP contribution >= 0.6 is 0 Å². The summed E-state index contributed by atoms with van der Waals surface area (Å²) >= 11 is 0. The summed E-state index contributed by atoms with van der Waals surface area (Å²) in [6.07, 6.45) is 1.65. The fourth-order valence-corrected chi connectivity index (χ4v) is 3.83. The molecule has 0 bridgehead atoms. The Hall–Kier alpha value is -2.27. The number of carbonyl (C=O) groups excluding carboxylic acids is 1. The van der Waals surface area contributed by atoms with Crippen molar-refractivity contribution in [2.75, 3.05) is 13.1 Å². The molecule has 1 fully saturated rings. The molecule has 0 aliphatic carbocycles. The van der Waals surface area contributed by atoms with Gasteiger partial charge in [-0.15, -0.1) is 0 Å². The van der Waals surface area contributed by atoms with Gasteiger partial charge in [-0.25, -0.2) is 8.78 Å². The first-order chi connectivity index (χ1) is 13.5. The topological polar surface area (TPSA) is 32.3 Å². The standard InChI is InChI=1S/C23H28F2N2O/c1-3-16(2)26-23(28)20-11-19(17-7-5-4-6-8-17)14-27(15-20)13-18-9-10-21(24)12-22(18)25/h4-10,12,16,19-20H,3,11,13-15H2,1-2H3,(H,26,28). The molecule has 1 amide bonds. The molecule has 2 aromatic carbocycles. The molecule has 0 aromatic heterocycles. The first-order valence-electron chi connectivity index (χ1n) is 9.97. The number of piperidine rings is 1. The molecule has 0 radical (unpaired) electrons. The van der Waals surface area contributed by atoms with E-state index in [0.29, 0.717) is 18.7 Å². The normalized spacial score (nSPS) is 21.3. The lowest BCUT2D eigenvalue weighted by Gasteiger charge is -2.38. The molecule has 28 heavy (non-hydrogen) atoms. The highest BCUT2D eigenvalue weighted by atomic mass is 19.1. The van der Waals surface area contributed by atoms with Crippen molar-refractivity contribution in [3.63, 3.8) is 0 Å². The van der Waals surface area contributed by atoms with Gasteiger partial charge in [0.15, 0.2) is 0 Å². The van der Waals surface area contributed by atoms with E-state index in [0.717, 1.165) is 25.5 Å². The van der Waals surface area contributed by atoms with Gasteiger partial charge >= 0.3 is 0 Å². The number of likely N-dealkylation sites (tertiary alicyclic amines) is 1. The van der Waals surface area contributed by atoms with Crippen molar-refractivity contribution in [3.05, 3.63) is 71.3 Å². The van der Waals surface area contributed by atoms with Crippen LogP contribution in [-0.2, 0) is 11.3 Å². The Balaban J connectivity index is 1.79. The van der Waals surface area contributed by atoms with Gasteiger partial charge in [0.05, 0.1) is 5.92 Å². The number of hydrogen-bond acceptors (Lipinski definition) is 2. The van der Waals surface area contributed by atoms with Crippen LogP contribution in [-0.4, -0.2) is 29.9 Å². The molecule has 0 spiro atoms. The first kappa shape index (κ1) is 20.5. The van der Waals surface area contributed by atoms with E-state index >= 15 is 0 Å². The van der Waals surface area contributed by atoms with E-state index < -0.39 is 11.6 Å². The van der Waals surface area contributed by atoms with Gasteiger partial charge in [0.25, 0.3) is 0 Å². The quantitative estimate of drug-likeness (QED) is 0.794. The van der Waals surface area contributed by atoms with Crippen molar-refractivity contribution in [2.24, 2.45) is 5.92 Å². The average molecular weight is 386 g/mol. The number of hydrogen-bond donors (Lipinski definition) is 1. The minimum Gasteiger partial charge on any atom is -0.353 e. The number of rotatable bonds is 6. The molecule has 5 heteroatoms. The molecular weight excluding hydrogens is 358 g/mol. The van der Waals surface area contributed by atoms with E-state index in [9.17, 15) is 13.6 Å². The first-order valence-corrected chi connectivity index (χ1v) is 9.97. The second-order valence-corrected chi connectivity index (χ2v) is 7.79. The average Bonchev–Trinajstić information content (AvgIpc) is 2.70. The number of nitrogens with zero attached hydrogens (tertiary/aromatic N) is 1. The summed E-state index contributed by atoms with van der Waals surface area (Å²) in [5.74, 6) is -1.02. The highest BCUT2D eigenvalue weighted by Gasteiger charge is 2.33.